The van der Waals surface area contributed by atoms with Gasteiger partial charge in [0.2, 0.25) is 5.91 Å². The molecule has 3 N–H and O–H groups in total. The highest BCUT2D eigenvalue weighted by Crippen LogP contribution is 2.40. The van der Waals surface area contributed by atoms with Crippen LogP contribution in [0, 0.1) is 5.92 Å². The summed E-state index contributed by atoms with van der Waals surface area (Å²) in [5.74, 6) is 2.70. The number of aromatic nitrogens is 3. The van der Waals surface area contributed by atoms with Crippen LogP contribution in [0.3, 0.4) is 0 Å². The highest BCUT2D eigenvalue weighted by atomic mass is 16.1. The molecule has 2 heterocycles. The van der Waals surface area contributed by atoms with Crippen LogP contribution in [0.25, 0.3) is 0 Å². The lowest BCUT2D eigenvalue weighted by molar-refractivity contribution is -0.120. The average Bonchev–Trinajstić information content (AvgIpc) is 3.34. The molecular weight excluding hydrogens is 290 g/mol. The predicted octanol–water partition coefficient (Wildman–Crippen LogP) is 1.82. The van der Waals surface area contributed by atoms with E-state index in [1.165, 1.54) is 12.8 Å². The molecule has 0 unspecified atom stereocenters. The number of anilines is 1. The molecular formula is C17H21N5O. The predicted molar refractivity (Wildman–Crippen MR) is 86.8 cm³/mol. The molecule has 0 bridgehead atoms. The van der Waals surface area contributed by atoms with Crippen molar-refractivity contribution in [1.82, 2.24) is 14.8 Å². The molecule has 1 aromatic carbocycles. The van der Waals surface area contributed by atoms with Crippen LogP contribution in [0.4, 0.5) is 5.69 Å². The molecule has 1 fully saturated rings. The molecule has 0 spiro atoms. The minimum atomic E-state index is -0.0301. The number of aryl methyl sites for hydroxylation is 1. The Hall–Kier alpha value is -2.21. The van der Waals surface area contributed by atoms with Gasteiger partial charge in [-0.25, -0.2) is 0 Å². The maximum absolute atomic E-state index is 12.6. The topological polar surface area (TPSA) is 85.8 Å². The number of carbonyl (C=O) groups excluding carboxylic acids is 1. The molecule has 120 valence electrons. The summed E-state index contributed by atoms with van der Waals surface area (Å²) in [6.07, 6.45) is 4.04. The Kier molecular flexibility index (Phi) is 3.61. The lowest BCUT2D eigenvalue weighted by Gasteiger charge is -2.23. The Morgan fingerprint density at radius 3 is 2.96 bits per heavy atom. The summed E-state index contributed by atoms with van der Waals surface area (Å²) >= 11 is 0. The van der Waals surface area contributed by atoms with Gasteiger partial charge in [-0.3, -0.25) is 4.79 Å². The smallest absolute Gasteiger partial charge is 0.229 e. The van der Waals surface area contributed by atoms with Crippen molar-refractivity contribution in [2.24, 2.45) is 11.7 Å². The molecule has 23 heavy (non-hydrogen) atoms. The third-order valence-electron chi connectivity index (χ3n) is 4.72. The van der Waals surface area contributed by atoms with Crippen molar-refractivity contribution in [1.29, 1.82) is 0 Å². The van der Waals surface area contributed by atoms with E-state index >= 15 is 0 Å². The van der Waals surface area contributed by atoms with E-state index in [1.807, 2.05) is 24.3 Å². The third-order valence-corrected chi connectivity index (χ3v) is 4.72. The Labute approximate surface area is 135 Å². The van der Waals surface area contributed by atoms with Gasteiger partial charge in [-0.2, -0.15) is 0 Å². The first-order chi connectivity index (χ1) is 11.2. The molecule has 1 atom stereocenters. The number of hydrogen-bond acceptors (Lipinski definition) is 4. The van der Waals surface area contributed by atoms with Crippen molar-refractivity contribution in [3.05, 3.63) is 41.5 Å². The first kappa shape index (κ1) is 14.4. The maximum atomic E-state index is 12.6. The van der Waals surface area contributed by atoms with Crippen LogP contribution < -0.4 is 11.1 Å². The van der Waals surface area contributed by atoms with Crippen LogP contribution in [0.5, 0.6) is 0 Å². The number of fused-ring (bicyclic) bond motifs is 1. The minimum absolute atomic E-state index is 0.0301. The number of benzene rings is 1. The van der Waals surface area contributed by atoms with E-state index in [0.717, 1.165) is 35.7 Å². The molecule has 1 saturated carbocycles. The number of nitrogens with one attached hydrogen (secondary N) is 1. The highest BCUT2D eigenvalue weighted by Gasteiger charge is 2.34. The number of hydrogen-bond donors (Lipinski definition) is 2. The van der Waals surface area contributed by atoms with Crippen LogP contribution in [0.1, 0.15) is 42.4 Å². The normalized spacial score (nSPS) is 20.1. The van der Waals surface area contributed by atoms with E-state index < -0.39 is 0 Å². The van der Waals surface area contributed by atoms with E-state index in [1.54, 1.807) is 0 Å². The standard InChI is InChI=1S/C17H21N5O/c18-9-11-2-1-3-14(8-11)19-17(23)13-6-7-15-20-21-16(12-4-5-12)22(15)10-13/h1-3,8,12-13H,4-7,9-10,18H2,(H,19,23)/t13-/m0/s1. The molecule has 0 saturated heterocycles. The van der Waals surface area contributed by atoms with Gasteiger partial charge >= 0.3 is 0 Å². The van der Waals surface area contributed by atoms with Gasteiger partial charge in [-0.15, -0.1) is 10.2 Å². The lowest BCUT2D eigenvalue weighted by Crippen LogP contribution is -2.31. The lowest BCUT2D eigenvalue weighted by atomic mass is 9.98. The molecule has 1 aliphatic heterocycles. The van der Waals surface area contributed by atoms with Crippen LogP contribution in [-0.2, 0) is 24.3 Å². The number of nitrogens with zero attached hydrogens (tertiary/aromatic N) is 3. The highest BCUT2D eigenvalue weighted by molar-refractivity contribution is 5.92. The third kappa shape index (κ3) is 2.86. The van der Waals surface area contributed by atoms with Gasteiger partial charge in [0, 0.05) is 31.1 Å². The summed E-state index contributed by atoms with van der Waals surface area (Å²) in [6, 6.07) is 7.71. The molecule has 1 aromatic heterocycles. The Bertz CT molecular complexity index is 734. The Morgan fingerprint density at radius 2 is 2.17 bits per heavy atom. The van der Waals surface area contributed by atoms with Gasteiger partial charge in [-0.05, 0) is 37.0 Å². The van der Waals surface area contributed by atoms with Crippen molar-refractivity contribution < 1.29 is 4.79 Å². The average molecular weight is 311 g/mol. The zero-order chi connectivity index (χ0) is 15.8. The second-order valence-corrected chi connectivity index (χ2v) is 6.49. The maximum Gasteiger partial charge on any atom is 0.229 e. The summed E-state index contributed by atoms with van der Waals surface area (Å²) in [5.41, 5.74) is 7.49. The van der Waals surface area contributed by atoms with Crippen LogP contribution in [0.2, 0.25) is 0 Å². The van der Waals surface area contributed by atoms with Crippen molar-refractivity contribution >= 4 is 11.6 Å². The van der Waals surface area contributed by atoms with E-state index in [9.17, 15) is 4.79 Å². The summed E-state index contributed by atoms with van der Waals surface area (Å²) < 4.78 is 2.17. The van der Waals surface area contributed by atoms with Gasteiger partial charge in [0.05, 0.1) is 5.92 Å². The number of carbonyl (C=O) groups is 1. The zero-order valence-electron chi connectivity index (χ0n) is 13.0. The summed E-state index contributed by atoms with van der Waals surface area (Å²) in [4.78, 5) is 12.6. The molecule has 6 nitrogen and oxygen atoms in total. The first-order valence-electron chi connectivity index (χ1n) is 8.26. The molecule has 6 heteroatoms. The summed E-state index contributed by atoms with van der Waals surface area (Å²) in [7, 11) is 0. The number of rotatable bonds is 4. The van der Waals surface area contributed by atoms with E-state index in [-0.39, 0.29) is 11.8 Å². The van der Waals surface area contributed by atoms with Crippen molar-refractivity contribution in [2.45, 2.75) is 44.7 Å². The molecule has 4 rings (SSSR count). The molecule has 0 radical (unpaired) electrons. The second-order valence-electron chi connectivity index (χ2n) is 6.49. The molecule has 2 aromatic rings. The monoisotopic (exact) mass is 311 g/mol. The second kappa shape index (κ2) is 5.77. The van der Waals surface area contributed by atoms with Crippen molar-refractivity contribution in [3.63, 3.8) is 0 Å². The molecule has 1 aliphatic carbocycles. The van der Waals surface area contributed by atoms with Crippen molar-refractivity contribution in [2.75, 3.05) is 5.32 Å². The summed E-state index contributed by atoms with van der Waals surface area (Å²) in [5, 5.41) is 11.6. The van der Waals surface area contributed by atoms with Gasteiger partial charge in [0.1, 0.15) is 11.6 Å². The van der Waals surface area contributed by atoms with Gasteiger partial charge in [-0.1, -0.05) is 12.1 Å². The van der Waals surface area contributed by atoms with Gasteiger partial charge in [0.25, 0.3) is 0 Å². The van der Waals surface area contributed by atoms with Crippen molar-refractivity contribution in [3.8, 4) is 0 Å². The van der Waals surface area contributed by atoms with Crippen LogP contribution in [0.15, 0.2) is 24.3 Å². The zero-order valence-corrected chi connectivity index (χ0v) is 13.0. The largest absolute Gasteiger partial charge is 0.326 e. The fourth-order valence-corrected chi connectivity index (χ4v) is 3.23. The van der Waals surface area contributed by atoms with E-state index in [4.69, 9.17) is 5.73 Å². The SMILES string of the molecule is NCc1cccc(NC(=O)[C@H]2CCc3nnc(C4CC4)n3C2)c1. The summed E-state index contributed by atoms with van der Waals surface area (Å²) in [6.45, 7) is 1.17. The van der Waals surface area contributed by atoms with E-state index in [0.29, 0.717) is 19.0 Å². The van der Waals surface area contributed by atoms with Gasteiger partial charge in [0.15, 0.2) is 0 Å². The molecule has 1 amide bonds. The first-order valence-corrected chi connectivity index (χ1v) is 8.26. The number of amides is 1. The quantitative estimate of drug-likeness (QED) is 0.902. The Balaban J connectivity index is 1.47. The molecule has 2 aliphatic rings. The van der Waals surface area contributed by atoms with E-state index in [2.05, 4.69) is 20.1 Å². The van der Waals surface area contributed by atoms with Crippen LogP contribution >= 0.6 is 0 Å². The fourth-order valence-electron chi connectivity index (χ4n) is 3.23. The fraction of sp³-hybridized carbons (Fsp3) is 0.471. The van der Waals surface area contributed by atoms with Crippen LogP contribution in [-0.4, -0.2) is 20.7 Å². The number of nitrogens with two attached hydrogens (primary N) is 1. The minimum Gasteiger partial charge on any atom is -0.326 e. The Morgan fingerprint density at radius 1 is 1.30 bits per heavy atom. The van der Waals surface area contributed by atoms with Gasteiger partial charge < -0.3 is 15.6 Å².